The number of hydrogen-bond donors (Lipinski definition) is 1. The zero-order valence-electron chi connectivity index (χ0n) is 14.2. The van der Waals surface area contributed by atoms with Crippen molar-refractivity contribution in [2.45, 2.75) is 71.8 Å². The van der Waals surface area contributed by atoms with E-state index in [9.17, 15) is 0 Å². The van der Waals surface area contributed by atoms with Gasteiger partial charge in [0.25, 0.3) is 0 Å². The maximum atomic E-state index is 4.86. The van der Waals surface area contributed by atoms with Crippen LogP contribution in [0.25, 0.3) is 0 Å². The summed E-state index contributed by atoms with van der Waals surface area (Å²) in [4.78, 5) is 12.0. The second kappa shape index (κ2) is 7.10. The predicted molar refractivity (Wildman–Crippen MR) is 90.3 cm³/mol. The smallest absolute Gasteiger partial charge is 0.137 e. The van der Waals surface area contributed by atoms with E-state index in [2.05, 4.69) is 45.0 Å². The number of rotatable bonds is 6. The van der Waals surface area contributed by atoms with Crippen LogP contribution in [0.1, 0.15) is 70.2 Å². The van der Waals surface area contributed by atoms with Gasteiger partial charge in [-0.2, -0.15) is 0 Å². The Kier molecular flexibility index (Phi) is 5.43. The average molecular weight is 290 g/mol. The summed E-state index contributed by atoms with van der Waals surface area (Å²) in [6, 6.07) is 0.637. The Balaban J connectivity index is 2.34. The van der Waals surface area contributed by atoms with Crippen LogP contribution >= 0.6 is 0 Å². The molecular formula is C17H30N4. The first kappa shape index (κ1) is 16.1. The molecule has 1 aromatic heterocycles. The zero-order valence-corrected chi connectivity index (χ0v) is 14.2. The highest BCUT2D eigenvalue weighted by atomic mass is 15.2. The predicted octanol–water partition coefficient (Wildman–Crippen LogP) is 4.11. The van der Waals surface area contributed by atoms with Crippen molar-refractivity contribution in [3.8, 4) is 0 Å². The minimum Gasteiger partial charge on any atom is -0.370 e. The van der Waals surface area contributed by atoms with Gasteiger partial charge in [-0.15, -0.1) is 0 Å². The van der Waals surface area contributed by atoms with Gasteiger partial charge in [0.2, 0.25) is 0 Å². The van der Waals surface area contributed by atoms with Crippen LogP contribution in [0.4, 0.5) is 11.6 Å². The lowest BCUT2D eigenvalue weighted by molar-refractivity contribution is 0.638. The van der Waals surface area contributed by atoms with E-state index in [1.54, 1.807) is 0 Å². The van der Waals surface area contributed by atoms with Crippen molar-refractivity contribution in [1.29, 1.82) is 0 Å². The molecule has 0 aliphatic heterocycles. The number of nitrogens with zero attached hydrogens (tertiary/aromatic N) is 3. The molecule has 4 heteroatoms. The van der Waals surface area contributed by atoms with Crippen LogP contribution < -0.4 is 10.2 Å². The third kappa shape index (κ3) is 3.66. The number of hydrogen-bond acceptors (Lipinski definition) is 4. The zero-order chi connectivity index (χ0) is 15.4. The summed E-state index contributed by atoms with van der Waals surface area (Å²) in [5, 5.41) is 3.47. The van der Waals surface area contributed by atoms with E-state index in [0.717, 1.165) is 30.4 Å². The summed E-state index contributed by atoms with van der Waals surface area (Å²) >= 11 is 0. The molecule has 1 N–H and O–H groups in total. The van der Waals surface area contributed by atoms with Crippen LogP contribution in [0.5, 0.6) is 0 Å². The van der Waals surface area contributed by atoms with Crippen LogP contribution in [-0.4, -0.2) is 29.6 Å². The summed E-state index contributed by atoms with van der Waals surface area (Å²) in [6.07, 6.45) is 6.37. The normalized spacial score (nSPS) is 15.7. The van der Waals surface area contributed by atoms with Crippen molar-refractivity contribution >= 4 is 11.6 Å². The highest BCUT2D eigenvalue weighted by molar-refractivity contribution is 5.59. The van der Waals surface area contributed by atoms with Gasteiger partial charge in [0.15, 0.2) is 0 Å². The maximum absolute atomic E-state index is 4.86. The molecule has 0 aromatic carbocycles. The average Bonchev–Trinajstić information content (AvgIpc) is 2.99. The minimum atomic E-state index is 0.350. The molecule has 1 saturated carbocycles. The molecule has 4 nitrogen and oxygen atoms in total. The summed E-state index contributed by atoms with van der Waals surface area (Å²) in [5.41, 5.74) is 1.18. The van der Waals surface area contributed by atoms with Crippen molar-refractivity contribution in [2.24, 2.45) is 0 Å². The fourth-order valence-corrected chi connectivity index (χ4v) is 3.00. The lowest BCUT2D eigenvalue weighted by atomic mass is 10.1. The molecule has 2 rings (SSSR count). The van der Waals surface area contributed by atoms with Crippen molar-refractivity contribution in [3.05, 3.63) is 11.4 Å². The topological polar surface area (TPSA) is 41.1 Å². The van der Waals surface area contributed by atoms with E-state index in [1.165, 1.54) is 31.2 Å². The van der Waals surface area contributed by atoms with Crippen LogP contribution in [0, 0.1) is 6.92 Å². The number of nitrogens with one attached hydrogen (secondary N) is 1. The van der Waals surface area contributed by atoms with Crippen molar-refractivity contribution in [2.75, 3.05) is 23.8 Å². The van der Waals surface area contributed by atoms with Gasteiger partial charge in [-0.25, -0.2) is 9.97 Å². The molecule has 0 saturated heterocycles. The molecule has 21 heavy (non-hydrogen) atoms. The summed E-state index contributed by atoms with van der Waals surface area (Å²) in [5.74, 6) is 3.41. The number of anilines is 2. The summed E-state index contributed by atoms with van der Waals surface area (Å²) in [6.45, 7) is 9.60. The highest BCUT2D eigenvalue weighted by Crippen LogP contribution is 2.31. The van der Waals surface area contributed by atoms with E-state index in [-0.39, 0.29) is 0 Å². The fourth-order valence-electron chi connectivity index (χ4n) is 3.00. The second-order valence-corrected chi connectivity index (χ2v) is 6.51. The Morgan fingerprint density at radius 2 is 1.90 bits per heavy atom. The van der Waals surface area contributed by atoms with Crippen LogP contribution in [0.2, 0.25) is 0 Å². The molecule has 0 spiro atoms. The van der Waals surface area contributed by atoms with Crippen LogP contribution in [0.3, 0.4) is 0 Å². The summed E-state index contributed by atoms with van der Waals surface area (Å²) in [7, 11) is 2.19. The molecule has 0 radical (unpaired) electrons. The Morgan fingerprint density at radius 3 is 2.48 bits per heavy atom. The molecule has 0 bridgehead atoms. The van der Waals surface area contributed by atoms with E-state index < -0.39 is 0 Å². The largest absolute Gasteiger partial charge is 0.370 e. The fraction of sp³-hybridized carbons (Fsp3) is 0.765. The highest BCUT2D eigenvalue weighted by Gasteiger charge is 2.24. The lowest BCUT2D eigenvalue weighted by Gasteiger charge is -2.28. The van der Waals surface area contributed by atoms with E-state index in [0.29, 0.717) is 12.0 Å². The molecule has 1 aromatic rings. The standard InChI is InChI=1S/C17H30N4/c1-6-11-18-16-13(4)17(20-15(19-16)12(2)3)21(5)14-9-7-8-10-14/h12,14H,6-11H2,1-5H3,(H,18,19,20). The van der Waals surface area contributed by atoms with Crippen molar-refractivity contribution < 1.29 is 0 Å². The maximum Gasteiger partial charge on any atom is 0.137 e. The molecular weight excluding hydrogens is 260 g/mol. The van der Waals surface area contributed by atoms with Gasteiger partial charge in [-0.3, -0.25) is 0 Å². The van der Waals surface area contributed by atoms with Crippen LogP contribution in [0.15, 0.2) is 0 Å². The van der Waals surface area contributed by atoms with Gasteiger partial charge < -0.3 is 10.2 Å². The molecule has 0 atom stereocenters. The molecule has 1 heterocycles. The van der Waals surface area contributed by atoms with Crippen LogP contribution in [-0.2, 0) is 0 Å². The van der Waals surface area contributed by atoms with Gasteiger partial charge in [0.1, 0.15) is 17.5 Å². The minimum absolute atomic E-state index is 0.350. The quantitative estimate of drug-likeness (QED) is 0.856. The molecule has 1 aliphatic carbocycles. The first-order chi connectivity index (χ1) is 10.0. The first-order valence-electron chi connectivity index (χ1n) is 8.39. The van der Waals surface area contributed by atoms with E-state index in [1.807, 2.05) is 0 Å². The Morgan fingerprint density at radius 1 is 1.24 bits per heavy atom. The second-order valence-electron chi connectivity index (χ2n) is 6.51. The monoisotopic (exact) mass is 290 g/mol. The molecule has 1 fully saturated rings. The van der Waals surface area contributed by atoms with Crippen molar-refractivity contribution in [1.82, 2.24) is 9.97 Å². The van der Waals surface area contributed by atoms with E-state index >= 15 is 0 Å². The SMILES string of the molecule is CCCNc1nc(C(C)C)nc(N(C)C2CCCC2)c1C. The molecule has 0 amide bonds. The lowest BCUT2D eigenvalue weighted by Crippen LogP contribution is -2.31. The van der Waals surface area contributed by atoms with Gasteiger partial charge in [0, 0.05) is 31.1 Å². The van der Waals surface area contributed by atoms with Gasteiger partial charge in [-0.05, 0) is 26.2 Å². The third-order valence-corrected chi connectivity index (χ3v) is 4.40. The van der Waals surface area contributed by atoms with Crippen molar-refractivity contribution in [3.63, 3.8) is 0 Å². The Hall–Kier alpha value is -1.32. The molecule has 118 valence electrons. The number of aromatic nitrogens is 2. The molecule has 1 aliphatic rings. The van der Waals surface area contributed by atoms with Gasteiger partial charge in [-0.1, -0.05) is 33.6 Å². The van der Waals surface area contributed by atoms with Gasteiger partial charge in [0.05, 0.1) is 0 Å². The van der Waals surface area contributed by atoms with E-state index in [4.69, 9.17) is 9.97 Å². The molecule has 0 unspecified atom stereocenters. The summed E-state index contributed by atoms with van der Waals surface area (Å²) < 4.78 is 0. The Bertz CT molecular complexity index is 464. The first-order valence-corrected chi connectivity index (χ1v) is 8.39. The Labute approximate surface area is 129 Å². The third-order valence-electron chi connectivity index (χ3n) is 4.40. The van der Waals surface area contributed by atoms with Gasteiger partial charge >= 0.3 is 0 Å².